The van der Waals surface area contributed by atoms with Crippen molar-refractivity contribution in [2.24, 2.45) is 5.73 Å². The van der Waals surface area contributed by atoms with Crippen LogP contribution in [0, 0.1) is 0 Å². The first-order valence-corrected chi connectivity index (χ1v) is 9.50. The number of nitrogens with zero attached hydrogens (tertiary/aromatic N) is 1. The SMILES string of the molecule is CC1CSCCN1S(=O)(=O)c1cc(Cl)cc(CN)c1Cl. The van der Waals surface area contributed by atoms with E-state index in [-0.39, 0.29) is 22.5 Å². The number of rotatable bonds is 3. The van der Waals surface area contributed by atoms with Gasteiger partial charge in [-0.3, -0.25) is 0 Å². The Kier molecular flexibility index (Phi) is 5.26. The van der Waals surface area contributed by atoms with E-state index in [2.05, 4.69) is 0 Å². The summed E-state index contributed by atoms with van der Waals surface area (Å²) in [5.74, 6) is 1.56. The third-order valence-electron chi connectivity index (χ3n) is 3.19. The van der Waals surface area contributed by atoms with Crippen LogP contribution in [0.5, 0.6) is 0 Å². The number of nitrogens with two attached hydrogens (primary N) is 1. The molecule has 0 aromatic heterocycles. The van der Waals surface area contributed by atoms with Crippen molar-refractivity contribution in [2.45, 2.75) is 24.4 Å². The third kappa shape index (κ3) is 3.10. The highest BCUT2D eigenvalue weighted by atomic mass is 35.5. The molecule has 0 saturated carbocycles. The molecule has 1 aromatic rings. The number of halogens is 2. The van der Waals surface area contributed by atoms with Crippen molar-refractivity contribution in [3.63, 3.8) is 0 Å². The summed E-state index contributed by atoms with van der Waals surface area (Å²) in [4.78, 5) is 0.0471. The normalized spacial score (nSPS) is 21.1. The number of sulfonamides is 1. The maximum absolute atomic E-state index is 12.8. The molecule has 1 saturated heterocycles. The standard InChI is InChI=1S/C12H16Cl2N2O2S2/c1-8-7-19-3-2-16(8)20(17,18)11-5-10(13)4-9(6-15)12(11)14/h4-5,8H,2-3,6-7,15H2,1H3. The van der Waals surface area contributed by atoms with Gasteiger partial charge in [0.15, 0.2) is 0 Å². The summed E-state index contributed by atoms with van der Waals surface area (Å²) in [5.41, 5.74) is 6.12. The molecule has 0 bridgehead atoms. The van der Waals surface area contributed by atoms with E-state index in [0.717, 1.165) is 11.5 Å². The molecule has 112 valence electrons. The number of hydrogen-bond acceptors (Lipinski definition) is 4. The molecular weight excluding hydrogens is 339 g/mol. The van der Waals surface area contributed by atoms with E-state index in [1.54, 1.807) is 17.8 Å². The van der Waals surface area contributed by atoms with E-state index in [0.29, 0.717) is 17.1 Å². The van der Waals surface area contributed by atoms with E-state index < -0.39 is 10.0 Å². The van der Waals surface area contributed by atoms with Gasteiger partial charge in [-0.15, -0.1) is 0 Å². The first kappa shape index (κ1) is 16.4. The van der Waals surface area contributed by atoms with Crippen LogP contribution in [0.1, 0.15) is 12.5 Å². The van der Waals surface area contributed by atoms with Gasteiger partial charge in [-0.25, -0.2) is 8.42 Å². The van der Waals surface area contributed by atoms with Crippen molar-refractivity contribution >= 4 is 45.0 Å². The van der Waals surface area contributed by atoms with Gasteiger partial charge in [0.1, 0.15) is 4.90 Å². The maximum Gasteiger partial charge on any atom is 0.244 e. The summed E-state index contributed by atoms with van der Waals surface area (Å²) in [6.45, 7) is 2.52. The minimum Gasteiger partial charge on any atom is -0.326 e. The van der Waals surface area contributed by atoms with Gasteiger partial charge in [-0.2, -0.15) is 16.1 Å². The summed E-state index contributed by atoms with van der Waals surface area (Å²) in [6.07, 6.45) is 0. The van der Waals surface area contributed by atoms with Crippen molar-refractivity contribution in [2.75, 3.05) is 18.1 Å². The van der Waals surface area contributed by atoms with Crippen molar-refractivity contribution in [1.29, 1.82) is 0 Å². The summed E-state index contributed by atoms with van der Waals surface area (Å²) in [7, 11) is -3.65. The zero-order valence-electron chi connectivity index (χ0n) is 11.0. The Morgan fingerprint density at radius 2 is 2.15 bits per heavy atom. The molecule has 1 fully saturated rings. The monoisotopic (exact) mass is 354 g/mol. The molecule has 0 spiro atoms. The Morgan fingerprint density at radius 3 is 2.75 bits per heavy atom. The minimum atomic E-state index is -3.65. The fourth-order valence-electron chi connectivity index (χ4n) is 2.15. The molecule has 1 heterocycles. The quantitative estimate of drug-likeness (QED) is 0.905. The molecule has 1 unspecified atom stereocenters. The smallest absolute Gasteiger partial charge is 0.244 e. The molecule has 1 atom stereocenters. The molecule has 0 amide bonds. The zero-order valence-corrected chi connectivity index (χ0v) is 14.1. The van der Waals surface area contributed by atoms with Gasteiger partial charge < -0.3 is 5.73 Å². The van der Waals surface area contributed by atoms with Crippen LogP contribution in [-0.4, -0.2) is 36.8 Å². The van der Waals surface area contributed by atoms with Crippen molar-refractivity contribution in [3.8, 4) is 0 Å². The lowest BCUT2D eigenvalue weighted by Crippen LogP contribution is -2.44. The van der Waals surface area contributed by atoms with Crippen LogP contribution in [-0.2, 0) is 16.6 Å². The van der Waals surface area contributed by atoms with Gasteiger partial charge >= 0.3 is 0 Å². The molecule has 2 rings (SSSR count). The average molecular weight is 355 g/mol. The highest BCUT2D eigenvalue weighted by molar-refractivity contribution is 7.99. The van der Waals surface area contributed by atoms with E-state index in [1.165, 1.54) is 10.4 Å². The Bertz CT molecular complexity index is 608. The second-order valence-corrected chi connectivity index (χ2v) is 8.44. The molecule has 2 N–H and O–H groups in total. The molecule has 1 aliphatic heterocycles. The van der Waals surface area contributed by atoms with Crippen molar-refractivity contribution < 1.29 is 8.42 Å². The third-order valence-corrected chi connectivity index (χ3v) is 7.20. The number of thioether (sulfide) groups is 1. The highest BCUT2D eigenvalue weighted by Gasteiger charge is 2.33. The van der Waals surface area contributed by atoms with Crippen LogP contribution in [0.25, 0.3) is 0 Å². The Hall–Kier alpha value is 0.0200. The molecule has 0 radical (unpaired) electrons. The van der Waals surface area contributed by atoms with Crippen molar-refractivity contribution in [1.82, 2.24) is 4.31 Å². The Morgan fingerprint density at radius 1 is 1.45 bits per heavy atom. The lowest BCUT2D eigenvalue weighted by Gasteiger charge is -2.32. The van der Waals surface area contributed by atoms with E-state index >= 15 is 0 Å². The lowest BCUT2D eigenvalue weighted by atomic mass is 10.2. The largest absolute Gasteiger partial charge is 0.326 e. The topological polar surface area (TPSA) is 63.4 Å². The van der Waals surface area contributed by atoms with Crippen LogP contribution >= 0.6 is 35.0 Å². The average Bonchev–Trinajstić information content (AvgIpc) is 2.41. The Labute approximate surface area is 133 Å². The maximum atomic E-state index is 12.8. The zero-order chi connectivity index (χ0) is 14.9. The molecule has 1 aromatic carbocycles. The molecular formula is C12H16Cl2N2O2S2. The van der Waals surface area contributed by atoms with Gasteiger partial charge in [0, 0.05) is 35.7 Å². The fourth-order valence-corrected chi connectivity index (χ4v) is 5.92. The predicted molar refractivity (Wildman–Crippen MR) is 85.0 cm³/mol. The lowest BCUT2D eigenvalue weighted by molar-refractivity contribution is 0.367. The first-order valence-electron chi connectivity index (χ1n) is 6.15. The molecule has 4 nitrogen and oxygen atoms in total. The summed E-state index contributed by atoms with van der Waals surface area (Å²) in [5, 5.41) is 0.495. The molecule has 20 heavy (non-hydrogen) atoms. The van der Waals surface area contributed by atoms with Crippen molar-refractivity contribution in [3.05, 3.63) is 27.7 Å². The second-order valence-electron chi connectivity index (χ2n) is 4.62. The molecule has 0 aliphatic carbocycles. The van der Waals surface area contributed by atoms with E-state index in [1.807, 2.05) is 6.92 Å². The second kappa shape index (κ2) is 6.42. The summed E-state index contributed by atoms with van der Waals surface area (Å²) >= 11 is 13.9. The van der Waals surface area contributed by atoms with Crippen LogP contribution in [0.4, 0.5) is 0 Å². The Balaban J connectivity index is 2.51. The summed E-state index contributed by atoms with van der Waals surface area (Å²) in [6, 6.07) is 2.93. The number of benzene rings is 1. The minimum absolute atomic E-state index is 0.0471. The van der Waals surface area contributed by atoms with E-state index in [9.17, 15) is 8.42 Å². The summed E-state index contributed by atoms with van der Waals surface area (Å²) < 4.78 is 27.0. The van der Waals surface area contributed by atoms with Gasteiger partial charge in [-0.05, 0) is 24.6 Å². The number of hydrogen-bond donors (Lipinski definition) is 1. The van der Waals surface area contributed by atoms with Gasteiger partial charge in [0.2, 0.25) is 10.0 Å². The fraction of sp³-hybridized carbons (Fsp3) is 0.500. The van der Waals surface area contributed by atoms with Crippen LogP contribution < -0.4 is 5.73 Å². The predicted octanol–water partition coefficient (Wildman–Crippen LogP) is 2.58. The highest BCUT2D eigenvalue weighted by Crippen LogP contribution is 2.33. The van der Waals surface area contributed by atoms with Gasteiger partial charge in [-0.1, -0.05) is 23.2 Å². The van der Waals surface area contributed by atoms with Crippen LogP contribution in [0.3, 0.4) is 0 Å². The molecule has 8 heteroatoms. The van der Waals surface area contributed by atoms with E-state index in [4.69, 9.17) is 28.9 Å². The van der Waals surface area contributed by atoms with Crippen LogP contribution in [0.2, 0.25) is 10.0 Å². The van der Waals surface area contributed by atoms with Crippen LogP contribution in [0.15, 0.2) is 17.0 Å². The first-order chi connectivity index (χ1) is 9.37. The van der Waals surface area contributed by atoms with Gasteiger partial charge in [0.25, 0.3) is 0 Å². The molecule has 1 aliphatic rings. The van der Waals surface area contributed by atoms with Gasteiger partial charge in [0.05, 0.1) is 5.02 Å².